The maximum absolute atomic E-state index is 12.5. The van der Waals surface area contributed by atoms with E-state index < -0.39 is 0 Å². The van der Waals surface area contributed by atoms with Gasteiger partial charge in [0.15, 0.2) is 11.6 Å². The summed E-state index contributed by atoms with van der Waals surface area (Å²) in [6.45, 7) is 5.26. The molecule has 0 saturated heterocycles. The van der Waals surface area contributed by atoms with E-state index in [2.05, 4.69) is 15.3 Å². The molecule has 146 valence electrons. The summed E-state index contributed by atoms with van der Waals surface area (Å²) in [5, 5.41) is 16.4. The molecular formula is C20H20N8O. The van der Waals surface area contributed by atoms with Crippen molar-refractivity contribution in [3.63, 3.8) is 0 Å². The average molecular weight is 388 g/mol. The lowest BCUT2D eigenvalue weighted by Crippen LogP contribution is -2.37. The number of likely N-dealkylation sites (N-methyl/N-ethyl adjacent to an activating group) is 1. The van der Waals surface area contributed by atoms with Gasteiger partial charge in [0, 0.05) is 25.4 Å². The Labute approximate surface area is 167 Å². The third kappa shape index (κ3) is 2.82. The minimum absolute atomic E-state index is 0.0393. The molecule has 0 spiro atoms. The van der Waals surface area contributed by atoms with Gasteiger partial charge in [-0.1, -0.05) is 12.1 Å². The summed E-state index contributed by atoms with van der Waals surface area (Å²) in [6, 6.07) is 9.83. The zero-order chi connectivity index (χ0) is 20.1. The van der Waals surface area contributed by atoms with Crippen LogP contribution in [0.2, 0.25) is 0 Å². The smallest absolute Gasteiger partial charge is 0.271 e. The molecule has 0 saturated carbocycles. The lowest BCUT2D eigenvalue weighted by atomic mass is 10.2. The zero-order valence-corrected chi connectivity index (χ0v) is 16.4. The summed E-state index contributed by atoms with van der Waals surface area (Å²) >= 11 is 0. The van der Waals surface area contributed by atoms with E-state index in [1.165, 1.54) is 0 Å². The van der Waals surface area contributed by atoms with Crippen LogP contribution in [0, 0.1) is 13.8 Å². The minimum atomic E-state index is -0.0393. The molecule has 3 aromatic heterocycles. The van der Waals surface area contributed by atoms with Gasteiger partial charge in [0.25, 0.3) is 5.91 Å². The van der Waals surface area contributed by atoms with E-state index in [0.717, 1.165) is 22.5 Å². The number of fused-ring (bicyclic) bond motifs is 1. The van der Waals surface area contributed by atoms with Crippen LogP contribution in [-0.4, -0.2) is 59.1 Å². The van der Waals surface area contributed by atoms with Gasteiger partial charge in [-0.05, 0) is 31.5 Å². The van der Waals surface area contributed by atoms with Crippen LogP contribution in [0.15, 0.2) is 36.5 Å². The number of hydrogen-bond acceptors (Lipinski definition) is 5. The average Bonchev–Trinajstić information content (AvgIpc) is 3.42. The first-order valence-electron chi connectivity index (χ1n) is 9.39. The molecule has 9 nitrogen and oxygen atoms in total. The first kappa shape index (κ1) is 17.4. The number of nitrogens with one attached hydrogen (secondary N) is 1. The molecule has 4 aromatic rings. The SMILES string of the molecule is Cc1cccc(-n2nc(-c3cn[nH]c3C)nc2-c2cc3n(n2)CCN(C)C3=O)c1. The second-order valence-corrected chi connectivity index (χ2v) is 7.28. The molecule has 1 aliphatic heterocycles. The summed E-state index contributed by atoms with van der Waals surface area (Å²) in [5.74, 6) is 1.10. The van der Waals surface area contributed by atoms with E-state index >= 15 is 0 Å². The summed E-state index contributed by atoms with van der Waals surface area (Å²) in [7, 11) is 1.80. The van der Waals surface area contributed by atoms with Crippen molar-refractivity contribution < 1.29 is 4.79 Å². The molecule has 0 fully saturated rings. The minimum Gasteiger partial charge on any atom is -0.339 e. The van der Waals surface area contributed by atoms with Gasteiger partial charge >= 0.3 is 0 Å². The molecule has 0 aliphatic carbocycles. The van der Waals surface area contributed by atoms with Crippen LogP contribution in [0.3, 0.4) is 0 Å². The van der Waals surface area contributed by atoms with Gasteiger partial charge in [0.2, 0.25) is 0 Å². The summed E-state index contributed by atoms with van der Waals surface area (Å²) in [5.41, 5.74) is 4.90. The zero-order valence-electron chi connectivity index (χ0n) is 16.4. The number of aryl methyl sites for hydroxylation is 2. The lowest BCUT2D eigenvalue weighted by Gasteiger charge is -2.22. The number of carbonyl (C=O) groups is 1. The molecule has 0 unspecified atom stereocenters. The van der Waals surface area contributed by atoms with Crippen molar-refractivity contribution in [3.05, 3.63) is 53.5 Å². The van der Waals surface area contributed by atoms with E-state index in [9.17, 15) is 4.79 Å². The maximum Gasteiger partial charge on any atom is 0.271 e. The Morgan fingerprint density at radius 1 is 1.10 bits per heavy atom. The van der Waals surface area contributed by atoms with Gasteiger partial charge in [-0.2, -0.15) is 10.2 Å². The van der Waals surface area contributed by atoms with Crippen molar-refractivity contribution in [2.45, 2.75) is 20.4 Å². The highest BCUT2D eigenvalue weighted by Crippen LogP contribution is 2.27. The molecular weight excluding hydrogens is 368 g/mol. The Balaban J connectivity index is 1.70. The van der Waals surface area contributed by atoms with E-state index in [4.69, 9.17) is 10.1 Å². The maximum atomic E-state index is 12.5. The number of rotatable bonds is 3. The number of aromatic nitrogens is 7. The van der Waals surface area contributed by atoms with Crippen LogP contribution in [-0.2, 0) is 6.54 Å². The van der Waals surface area contributed by atoms with Crippen LogP contribution in [0.5, 0.6) is 0 Å². The van der Waals surface area contributed by atoms with Crippen molar-refractivity contribution in [3.8, 4) is 28.6 Å². The topological polar surface area (TPSA) is 97.5 Å². The number of carbonyl (C=O) groups excluding carboxylic acids is 1. The molecule has 1 amide bonds. The number of H-pyrrole nitrogens is 1. The van der Waals surface area contributed by atoms with E-state index in [1.807, 2.05) is 38.1 Å². The Hall–Kier alpha value is -3.75. The molecule has 0 bridgehead atoms. The Morgan fingerprint density at radius 3 is 2.72 bits per heavy atom. The van der Waals surface area contributed by atoms with Crippen LogP contribution < -0.4 is 0 Å². The second-order valence-electron chi connectivity index (χ2n) is 7.28. The molecule has 5 rings (SSSR count). The van der Waals surface area contributed by atoms with Gasteiger partial charge in [0.05, 0.1) is 24.0 Å². The largest absolute Gasteiger partial charge is 0.339 e. The molecule has 29 heavy (non-hydrogen) atoms. The highest BCUT2D eigenvalue weighted by molar-refractivity contribution is 5.94. The van der Waals surface area contributed by atoms with Crippen LogP contribution in [0.25, 0.3) is 28.6 Å². The van der Waals surface area contributed by atoms with Gasteiger partial charge < -0.3 is 4.90 Å². The van der Waals surface area contributed by atoms with E-state index in [-0.39, 0.29) is 5.91 Å². The molecule has 4 heterocycles. The fourth-order valence-electron chi connectivity index (χ4n) is 3.52. The molecule has 9 heteroatoms. The summed E-state index contributed by atoms with van der Waals surface area (Å²) in [4.78, 5) is 19.0. The molecule has 1 aliphatic rings. The monoisotopic (exact) mass is 388 g/mol. The third-order valence-electron chi connectivity index (χ3n) is 5.15. The highest BCUT2D eigenvalue weighted by Gasteiger charge is 2.27. The molecule has 1 aromatic carbocycles. The van der Waals surface area contributed by atoms with Crippen molar-refractivity contribution in [2.75, 3.05) is 13.6 Å². The quantitative estimate of drug-likeness (QED) is 0.580. The van der Waals surface area contributed by atoms with Crippen molar-refractivity contribution in [2.24, 2.45) is 0 Å². The lowest BCUT2D eigenvalue weighted by molar-refractivity contribution is 0.0743. The van der Waals surface area contributed by atoms with Gasteiger partial charge in [-0.15, -0.1) is 5.10 Å². The normalized spacial score (nSPS) is 13.8. The standard InChI is InChI=1S/C20H20N8O/c1-12-5-4-6-14(9-12)28-19(22-18(25-28)15-11-21-23-13(15)2)16-10-17-20(29)26(3)7-8-27(17)24-16/h4-6,9-11H,7-8H2,1-3H3,(H,21,23). The fourth-order valence-corrected chi connectivity index (χ4v) is 3.52. The van der Waals surface area contributed by atoms with E-state index in [0.29, 0.717) is 36.1 Å². The number of nitrogens with zero attached hydrogens (tertiary/aromatic N) is 7. The highest BCUT2D eigenvalue weighted by atomic mass is 16.2. The fraction of sp³-hybridized carbons (Fsp3) is 0.250. The number of amides is 1. The van der Waals surface area contributed by atoms with E-state index in [1.54, 1.807) is 33.6 Å². The molecule has 0 atom stereocenters. The van der Waals surface area contributed by atoms with Gasteiger partial charge in [0.1, 0.15) is 11.4 Å². The summed E-state index contributed by atoms with van der Waals surface area (Å²) < 4.78 is 3.52. The number of benzene rings is 1. The predicted molar refractivity (Wildman–Crippen MR) is 107 cm³/mol. The van der Waals surface area contributed by atoms with Crippen LogP contribution in [0.1, 0.15) is 21.7 Å². The van der Waals surface area contributed by atoms with Crippen LogP contribution >= 0.6 is 0 Å². The Morgan fingerprint density at radius 2 is 1.97 bits per heavy atom. The summed E-state index contributed by atoms with van der Waals surface area (Å²) in [6.07, 6.45) is 1.71. The number of hydrogen-bond donors (Lipinski definition) is 1. The number of aromatic amines is 1. The van der Waals surface area contributed by atoms with Crippen molar-refractivity contribution in [1.29, 1.82) is 0 Å². The van der Waals surface area contributed by atoms with Gasteiger partial charge in [-0.25, -0.2) is 9.67 Å². The predicted octanol–water partition coefficient (Wildman–Crippen LogP) is 2.22. The third-order valence-corrected chi connectivity index (χ3v) is 5.15. The molecule has 0 radical (unpaired) electrons. The second kappa shape index (κ2) is 6.40. The Bertz CT molecular complexity index is 1230. The Kier molecular flexibility index (Phi) is 3.83. The van der Waals surface area contributed by atoms with Crippen molar-refractivity contribution >= 4 is 5.91 Å². The van der Waals surface area contributed by atoms with Crippen molar-refractivity contribution in [1.82, 2.24) is 39.6 Å². The van der Waals surface area contributed by atoms with Crippen LogP contribution in [0.4, 0.5) is 0 Å². The van der Waals surface area contributed by atoms with Gasteiger partial charge in [-0.3, -0.25) is 14.6 Å². The first-order chi connectivity index (χ1) is 14.0. The first-order valence-corrected chi connectivity index (χ1v) is 9.39. The molecule has 1 N–H and O–H groups in total.